The number of rotatable bonds is 12. The fraction of sp³-hybridized carbons (Fsp3) is 0.550. The molecule has 2 saturated heterocycles. The van der Waals surface area contributed by atoms with E-state index in [1.807, 2.05) is 32.9 Å². The van der Waals surface area contributed by atoms with Crippen LogP contribution in [0.5, 0.6) is 0 Å². The van der Waals surface area contributed by atoms with E-state index in [9.17, 15) is 28.8 Å². The topological polar surface area (TPSA) is 190 Å². The molecule has 0 spiro atoms. The Kier molecular flexibility index (Phi) is 18.4. The quantitative estimate of drug-likeness (QED) is 0.264. The molecule has 52 heavy (non-hydrogen) atoms. The number of primary amides is 3. The number of carbonyl (C=O) groups is 6. The number of fused-ring (bicyclic) bond motifs is 2. The Morgan fingerprint density at radius 3 is 1.33 bits per heavy atom. The summed E-state index contributed by atoms with van der Waals surface area (Å²) in [7, 11) is 0. The molecule has 12 nitrogen and oxygen atoms in total. The smallest absolute Gasteiger partial charge is 0.253 e. The predicted octanol–water partition coefficient (Wildman–Crippen LogP) is 4.81. The van der Waals surface area contributed by atoms with Crippen LogP contribution >= 0.6 is 0 Å². The van der Waals surface area contributed by atoms with Crippen molar-refractivity contribution >= 4 is 35.4 Å². The van der Waals surface area contributed by atoms with Gasteiger partial charge in [0.25, 0.3) is 5.91 Å². The number of nitrogens with two attached hydrogens (primary N) is 3. The number of carbonyl (C=O) groups excluding carboxylic acids is 6. The van der Waals surface area contributed by atoms with E-state index < -0.39 is 5.91 Å². The van der Waals surface area contributed by atoms with E-state index in [4.69, 9.17) is 17.2 Å². The summed E-state index contributed by atoms with van der Waals surface area (Å²) in [5.41, 5.74) is 18.7. The highest BCUT2D eigenvalue weighted by atomic mass is 16.2. The third-order valence-electron chi connectivity index (χ3n) is 9.49. The van der Waals surface area contributed by atoms with Crippen molar-refractivity contribution in [3.8, 4) is 0 Å². The first-order valence-corrected chi connectivity index (χ1v) is 18.9. The molecule has 3 heterocycles. The van der Waals surface area contributed by atoms with Crippen molar-refractivity contribution in [3.63, 3.8) is 0 Å². The van der Waals surface area contributed by atoms with Crippen molar-refractivity contribution in [2.24, 2.45) is 17.2 Å². The molecule has 0 aromatic heterocycles. The van der Waals surface area contributed by atoms with Gasteiger partial charge in [-0.15, -0.1) is 0 Å². The van der Waals surface area contributed by atoms with Gasteiger partial charge in [-0.25, -0.2) is 0 Å². The van der Waals surface area contributed by atoms with E-state index in [1.54, 1.807) is 24.3 Å². The standard InChI is InChI=1S/2C14H18N2O2.C12H22N2O2/c15-13(17)6-1-2-7-14(18)16-9-11-4-3-5-12(8-11)10-16;15-13(17)11-5-7-12(8-6-11)14(18)16-9-3-1-2-4-10-16;13-11(15)7-3-4-8-12(16)14-9-5-1-2-6-10-14/h3-5,8H,1-2,6-7,9-10H2,(H2,15,17);5-8H,1-4,9-10H2,(H2,15,17);1-10H2,(H2,13,15). The van der Waals surface area contributed by atoms with Gasteiger partial charge in [0.05, 0.1) is 0 Å². The van der Waals surface area contributed by atoms with E-state index in [1.165, 1.54) is 36.8 Å². The van der Waals surface area contributed by atoms with E-state index in [0.717, 1.165) is 71.1 Å². The molecule has 2 aromatic carbocycles. The first-order valence-electron chi connectivity index (χ1n) is 18.9. The second-order valence-electron chi connectivity index (χ2n) is 13.9. The molecule has 12 heteroatoms. The molecule has 6 N–H and O–H groups in total. The van der Waals surface area contributed by atoms with Crippen molar-refractivity contribution in [1.82, 2.24) is 14.7 Å². The third-order valence-corrected chi connectivity index (χ3v) is 9.49. The summed E-state index contributed by atoms with van der Waals surface area (Å²) in [4.78, 5) is 73.8. The lowest BCUT2D eigenvalue weighted by molar-refractivity contribution is -0.133. The Hall–Kier alpha value is -4.74. The van der Waals surface area contributed by atoms with Crippen LogP contribution in [0.15, 0.2) is 48.5 Å². The van der Waals surface area contributed by atoms with Crippen molar-refractivity contribution in [3.05, 3.63) is 70.8 Å². The second-order valence-corrected chi connectivity index (χ2v) is 13.9. The average Bonchev–Trinajstić information content (AvgIpc) is 3.58. The number of benzene rings is 2. The van der Waals surface area contributed by atoms with Crippen LogP contribution in [-0.2, 0) is 32.3 Å². The summed E-state index contributed by atoms with van der Waals surface area (Å²) in [6.07, 6.45) is 14.0. The van der Waals surface area contributed by atoms with E-state index in [-0.39, 0.29) is 29.5 Å². The zero-order chi connectivity index (χ0) is 37.7. The SMILES string of the molecule is NC(=O)CCCCC(=O)N1CCCCCC1.NC(=O)CCCCC(=O)N1Cc2cccc(c2)C1.NC(=O)c1ccc(C(=O)N2CCCCCC2)cc1. The third kappa shape index (κ3) is 15.7. The largest absolute Gasteiger partial charge is 0.370 e. The summed E-state index contributed by atoms with van der Waals surface area (Å²) in [6, 6.07) is 14.8. The molecular weight excluding hydrogens is 660 g/mol. The van der Waals surface area contributed by atoms with E-state index in [0.29, 0.717) is 56.3 Å². The lowest BCUT2D eigenvalue weighted by atomic mass is 10.0. The molecule has 2 fully saturated rings. The molecule has 6 amide bonds. The zero-order valence-corrected chi connectivity index (χ0v) is 30.7. The fourth-order valence-electron chi connectivity index (χ4n) is 6.52. The monoisotopic (exact) mass is 718 g/mol. The van der Waals surface area contributed by atoms with Gasteiger partial charge in [0.1, 0.15) is 0 Å². The lowest BCUT2D eigenvalue weighted by Crippen LogP contribution is -2.32. The maximum Gasteiger partial charge on any atom is 0.253 e. The Morgan fingerprint density at radius 2 is 0.885 bits per heavy atom. The summed E-state index contributed by atoms with van der Waals surface area (Å²) in [5.74, 6) is -0.591. The highest BCUT2D eigenvalue weighted by Gasteiger charge is 2.19. The maximum atomic E-state index is 12.2. The van der Waals surface area contributed by atoms with E-state index >= 15 is 0 Å². The van der Waals surface area contributed by atoms with Gasteiger partial charge < -0.3 is 31.9 Å². The summed E-state index contributed by atoms with van der Waals surface area (Å²) < 4.78 is 0. The number of nitrogens with zero attached hydrogens (tertiary/aromatic N) is 3. The minimum Gasteiger partial charge on any atom is -0.370 e. The van der Waals surface area contributed by atoms with Gasteiger partial charge in [0.2, 0.25) is 29.5 Å². The van der Waals surface area contributed by atoms with Gasteiger partial charge >= 0.3 is 0 Å². The maximum absolute atomic E-state index is 12.2. The molecule has 0 unspecified atom stereocenters. The van der Waals surface area contributed by atoms with Gasteiger partial charge in [-0.3, -0.25) is 28.8 Å². The van der Waals surface area contributed by atoms with Crippen LogP contribution in [0.25, 0.3) is 0 Å². The van der Waals surface area contributed by atoms with Crippen LogP contribution in [0.4, 0.5) is 0 Å². The van der Waals surface area contributed by atoms with Crippen LogP contribution in [0.1, 0.15) is 135 Å². The molecule has 3 aliphatic rings. The van der Waals surface area contributed by atoms with Gasteiger partial charge in [-0.1, -0.05) is 49.9 Å². The Morgan fingerprint density at radius 1 is 0.481 bits per heavy atom. The highest BCUT2D eigenvalue weighted by Crippen LogP contribution is 2.19. The molecule has 284 valence electrons. The van der Waals surface area contributed by atoms with Crippen molar-refractivity contribution < 1.29 is 28.8 Å². The molecule has 3 aliphatic heterocycles. The Balaban J connectivity index is 0.000000211. The molecule has 0 radical (unpaired) electrons. The summed E-state index contributed by atoms with van der Waals surface area (Å²) in [5, 5.41) is 0. The van der Waals surface area contributed by atoms with Crippen LogP contribution in [-0.4, -0.2) is 76.3 Å². The van der Waals surface area contributed by atoms with Crippen LogP contribution < -0.4 is 17.2 Å². The molecule has 5 rings (SSSR count). The van der Waals surface area contributed by atoms with Crippen molar-refractivity contribution in [2.75, 3.05) is 26.2 Å². The van der Waals surface area contributed by atoms with Gasteiger partial charge in [0, 0.05) is 76.1 Å². The minimum atomic E-state index is -0.469. The van der Waals surface area contributed by atoms with Crippen molar-refractivity contribution in [1.29, 1.82) is 0 Å². The van der Waals surface area contributed by atoms with Crippen LogP contribution in [0.3, 0.4) is 0 Å². The number of hydrogen-bond donors (Lipinski definition) is 3. The zero-order valence-electron chi connectivity index (χ0n) is 30.7. The Labute approximate surface area is 308 Å². The summed E-state index contributed by atoms with van der Waals surface area (Å²) >= 11 is 0. The molecule has 2 bridgehead atoms. The van der Waals surface area contributed by atoms with Crippen molar-refractivity contribution in [2.45, 2.75) is 116 Å². The molecule has 0 atom stereocenters. The van der Waals surface area contributed by atoms with Crippen LogP contribution in [0, 0.1) is 0 Å². The highest BCUT2D eigenvalue weighted by molar-refractivity contribution is 5.97. The van der Waals surface area contributed by atoms with Gasteiger partial charge in [0.15, 0.2) is 0 Å². The van der Waals surface area contributed by atoms with E-state index in [2.05, 4.69) is 6.07 Å². The average molecular weight is 719 g/mol. The fourth-order valence-corrected chi connectivity index (χ4v) is 6.52. The Bertz CT molecular complexity index is 1440. The minimum absolute atomic E-state index is 0.0490. The number of amides is 6. The lowest BCUT2D eigenvalue weighted by Gasteiger charge is -2.27. The summed E-state index contributed by atoms with van der Waals surface area (Å²) in [6.45, 7) is 4.88. The second kappa shape index (κ2) is 22.9. The van der Waals surface area contributed by atoms with Gasteiger partial charge in [-0.05, 0) is 86.8 Å². The van der Waals surface area contributed by atoms with Crippen LogP contribution in [0.2, 0.25) is 0 Å². The van der Waals surface area contributed by atoms with Gasteiger partial charge in [-0.2, -0.15) is 0 Å². The number of hydrogen-bond acceptors (Lipinski definition) is 6. The normalized spacial score (nSPS) is 15.4. The first-order chi connectivity index (χ1) is 25.0. The molecule has 2 aromatic rings. The first kappa shape index (κ1) is 41.7. The predicted molar refractivity (Wildman–Crippen MR) is 200 cm³/mol. The molecule has 0 saturated carbocycles. The number of likely N-dealkylation sites (tertiary alicyclic amines) is 2. The number of unbranched alkanes of at least 4 members (excludes halogenated alkanes) is 2. The molecular formula is C40H58N6O6. The molecule has 0 aliphatic carbocycles.